The fraction of sp³-hybridized carbons (Fsp3) is 0.647. The Balaban J connectivity index is 1.80. The topological polar surface area (TPSA) is 35.9 Å². The molecule has 0 saturated carbocycles. The number of likely N-dealkylation sites (N-methyl/N-ethyl adjacent to an activating group) is 1. The van der Waals surface area contributed by atoms with Crippen molar-refractivity contribution in [3.05, 3.63) is 29.3 Å². The number of ether oxygens (including phenoxy) is 1. The van der Waals surface area contributed by atoms with Gasteiger partial charge in [0.15, 0.2) is 0 Å². The van der Waals surface area contributed by atoms with Crippen molar-refractivity contribution >= 4 is 0 Å². The SMILES string of the molecule is COc1ccc2c(c1)C(O)C(N1CCN(C)C(C)(C)C1)C2. The van der Waals surface area contributed by atoms with Crippen molar-refractivity contribution < 1.29 is 9.84 Å². The molecule has 3 rings (SSSR count). The molecule has 1 fully saturated rings. The van der Waals surface area contributed by atoms with Crippen LogP contribution in [0.15, 0.2) is 18.2 Å². The van der Waals surface area contributed by atoms with Gasteiger partial charge in [-0.15, -0.1) is 0 Å². The Morgan fingerprint density at radius 3 is 2.71 bits per heavy atom. The highest BCUT2D eigenvalue weighted by Gasteiger charge is 2.40. The van der Waals surface area contributed by atoms with E-state index in [-0.39, 0.29) is 11.6 Å². The number of hydrogen-bond donors (Lipinski definition) is 1. The van der Waals surface area contributed by atoms with E-state index in [2.05, 4.69) is 36.8 Å². The maximum Gasteiger partial charge on any atom is 0.119 e. The van der Waals surface area contributed by atoms with Crippen LogP contribution in [0, 0.1) is 0 Å². The number of methoxy groups -OCH3 is 1. The standard InChI is InChI=1S/C17H26N2O2/c1-17(2)11-19(8-7-18(17)3)15-9-12-5-6-13(21-4)10-14(12)16(15)20/h5-6,10,15-16,20H,7-9,11H2,1-4H3. The van der Waals surface area contributed by atoms with Crippen LogP contribution < -0.4 is 4.74 Å². The van der Waals surface area contributed by atoms with Crippen LogP contribution in [0.2, 0.25) is 0 Å². The molecule has 2 atom stereocenters. The number of aliphatic hydroxyl groups excluding tert-OH is 1. The molecule has 0 amide bonds. The van der Waals surface area contributed by atoms with Crippen LogP contribution in [0.1, 0.15) is 31.1 Å². The fourth-order valence-electron chi connectivity index (χ4n) is 3.60. The van der Waals surface area contributed by atoms with E-state index in [1.807, 2.05) is 12.1 Å². The summed E-state index contributed by atoms with van der Waals surface area (Å²) in [4.78, 5) is 4.86. The van der Waals surface area contributed by atoms with Crippen molar-refractivity contribution in [3.63, 3.8) is 0 Å². The lowest BCUT2D eigenvalue weighted by Gasteiger charge is -2.48. The first-order valence-corrected chi connectivity index (χ1v) is 7.72. The molecule has 1 aromatic carbocycles. The Morgan fingerprint density at radius 2 is 2.05 bits per heavy atom. The molecule has 21 heavy (non-hydrogen) atoms. The third-order valence-corrected chi connectivity index (χ3v) is 5.28. The van der Waals surface area contributed by atoms with Crippen molar-refractivity contribution in [2.45, 2.75) is 38.0 Å². The summed E-state index contributed by atoms with van der Waals surface area (Å²) in [6, 6.07) is 6.27. The van der Waals surface area contributed by atoms with Gasteiger partial charge in [-0.3, -0.25) is 9.80 Å². The number of hydrogen-bond acceptors (Lipinski definition) is 4. The van der Waals surface area contributed by atoms with E-state index in [0.717, 1.165) is 37.4 Å². The molecular weight excluding hydrogens is 264 g/mol. The maximum absolute atomic E-state index is 10.7. The lowest BCUT2D eigenvalue weighted by atomic mass is 9.97. The van der Waals surface area contributed by atoms with Crippen molar-refractivity contribution in [1.29, 1.82) is 0 Å². The Morgan fingerprint density at radius 1 is 1.29 bits per heavy atom. The summed E-state index contributed by atoms with van der Waals surface area (Å²) >= 11 is 0. The van der Waals surface area contributed by atoms with Gasteiger partial charge in [0.05, 0.1) is 13.2 Å². The summed E-state index contributed by atoms with van der Waals surface area (Å²) in [5, 5.41) is 10.7. The second kappa shape index (κ2) is 5.27. The first-order valence-electron chi connectivity index (χ1n) is 7.72. The minimum absolute atomic E-state index is 0.157. The van der Waals surface area contributed by atoms with E-state index in [1.54, 1.807) is 7.11 Å². The summed E-state index contributed by atoms with van der Waals surface area (Å²) in [7, 11) is 3.85. The summed E-state index contributed by atoms with van der Waals surface area (Å²) in [6.07, 6.45) is 0.523. The number of fused-ring (bicyclic) bond motifs is 1. The molecule has 1 aliphatic heterocycles. The van der Waals surface area contributed by atoms with Gasteiger partial charge in [0, 0.05) is 31.2 Å². The summed E-state index contributed by atoms with van der Waals surface area (Å²) in [5.41, 5.74) is 2.45. The zero-order chi connectivity index (χ0) is 15.2. The third kappa shape index (κ3) is 2.56. The van der Waals surface area contributed by atoms with Gasteiger partial charge in [-0.1, -0.05) is 6.07 Å². The minimum atomic E-state index is -0.408. The van der Waals surface area contributed by atoms with Crippen LogP contribution in [0.5, 0.6) is 5.75 Å². The van der Waals surface area contributed by atoms with E-state index in [9.17, 15) is 5.11 Å². The molecule has 0 bridgehead atoms. The summed E-state index contributed by atoms with van der Waals surface area (Å²) in [5.74, 6) is 0.826. The molecule has 116 valence electrons. The zero-order valence-electron chi connectivity index (χ0n) is 13.5. The van der Waals surface area contributed by atoms with Gasteiger partial charge in [0.25, 0.3) is 0 Å². The maximum atomic E-state index is 10.7. The average Bonchev–Trinajstić information content (AvgIpc) is 2.78. The smallest absolute Gasteiger partial charge is 0.119 e. The van der Waals surface area contributed by atoms with Gasteiger partial charge in [0.1, 0.15) is 5.75 Å². The molecule has 4 nitrogen and oxygen atoms in total. The highest BCUT2D eigenvalue weighted by molar-refractivity contribution is 5.42. The molecule has 1 saturated heterocycles. The Hall–Kier alpha value is -1.10. The zero-order valence-corrected chi connectivity index (χ0v) is 13.5. The van der Waals surface area contributed by atoms with Gasteiger partial charge in [-0.05, 0) is 50.6 Å². The van der Waals surface area contributed by atoms with Crippen molar-refractivity contribution in [3.8, 4) is 5.75 Å². The van der Waals surface area contributed by atoms with Crippen molar-refractivity contribution in [2.75, 3.05) is 33.8 Å². The molecule has 0 aromatic heterocycles. The molecule has 2 aliphatic rings. The van der Waals surface area contributed by atoms with E-state index < -0.39 is 6.10 Å². The predicted molar refractivity (Wildman–Crippen MR) is 83.7 cm³/mol. The van der Waals surface area contributed by atoms with Crippen molar-refractivity contribution in [1.82, 2.24) is 9.80 Å². The van der Waals surface area contributed by atoms with Gasteiger partial charge in [0.2, 0.25) is 0 Å². The van der Waals surface area contributed by atoms with Crippen LogP contribution in [0.3, 0.4) is 0 Å². The normalized spacial score (nSPS) is 29.4. The van der Waals surface area contributed by atoms with Crippen LogP contribution in [-0.4, -0.2) is 60.3 Å². The van der Waals surface area contributed by atoms with E-state index >= 15 is 0 Å². The molecule has 0 radical (unpaired) electrons. The van der Waals surface area contributed by atoms with Crippen LogP contribution in [0.25, 0.3) is 0 Å². The quantitative estimate of drug-likeness (QED) is 0.899. The Kier molecular flexibility index (Phi) is 3.72. The largest absolute Gasteiger partial charge is 0.497 e. The van der Waals surface area contributed by atoms with Crippen LogP contribution >= 0.6 is 0 Å². The lowest BCUT2D eigenvalue weighted by molar-refractivity contribution is -0.0182. The summed E-state index contributed by atoms with van der Waals surface area (Å²) in [6.45, 7) is 7.62. The van der Waals surface area contributed by atoms with E-state index in [1.165, 1.54) is 5.56 Å². The molecule has 2 unspecified atom stereocenters. The lowest BCUT2D eigenvalue weighted by Crippen LogP contribution is -2.60. The number of benzene rings is 1. The second-order valence-corrected chi connectivity index (χ2v) is 6.99. The average molecular weight is 290 g/mol. The molecule has 1 aliphatic carbocycles. The minimum Gasteiger partial charge on any atom is -0.497 e. The number of rotatable bonds is 2. The first-order chi connectivity index (χ1) is 9.92. The number of piperazine rings is 1. The molecule has 1 heterocycles. The van der Waals surface area contributed by atoms with Crippen molar-refractivity contribution in [2.24, 2.45) is 0 Å². The predicted octanol–water partition coefficient (Wildman–Crippen LogP) is 1.68. The van der Waals surface area contributed by atoms with Gasteiger partial charge in [-0.2, -0.15) is 0 Å². The van der Waals surface area contributed by atoms with Crippen LogP contribution in [0.4, 0.5) is 0 Å². The van der Waals surface area contributed by atoms with E-state index in [0.29, 0.717) is 0 Å². The highest BCUT2D eigenvalue weighted by atomic mass is 16.5. The first kappa shape index (κ1) is 14.8. The third-order valence-electron chi connectivity index (χ3n) is 5.28. The summed E-state index contributed by atoms with van der Waals surface area (Å²) < 4.78 is 5.28. The Bertz CT molecular complexity index is 530. The monoisotopic (exact) mass is 290 g/mol. The molecule has 1 aromatic rings. The van der Waals surface area contributed by atoms with Gasteiger partial charge < -0.3 is 9.84 Å². The molecular formula is C17H26N2O2. The van der Waals surface area contributed by atoms with Crippen LogP contribution in [-0.2, 0) is 6.42 Å². The molecule has 0 spiro atoms. The number of nitrogens with zero attached hydrogens (tertiary/aromatic N) is 2. The fourth-order valence-corrected chi connectivity index (χ4v) is 3.60. The second-order valence-electron chi connectivity index (χ2n) is 6.99. The Labute approximate surface area is 127 Å². The molecule has 4 heteroatoms. The van der Waals surface area contributed by atoms with Gasteiger partial charge >= 0.3 is 0 Å². The highest BCUT2D eigenvalue weighted by Crippen LogP contribution is 2.38. The number of aliphatic hydroxyl groups is 1. The molecule has 1 N–H and O–H groups in total. The van der Waals surface area contributed by atoms with E-state index in [4.69, 9.17) is 4.74 Å². The van der Waals surface area contributed by atoms with Gasteiger partial charge in [-0.25, -0.2) is 0 Å².